The largest absolute Gasteiger partial charge is 0.389 e. The van der Waals surface area contributed by atoms with E-state index in [0.29, 0.717) is 0 Å². The lowest BCUT2D eigenvalue weighted by Gasteiger charge is -2.23. The molecule has 1 aromatic carbocycles. The van der Waals surface area contributed by atoms with Crippen LogP contribution >= 0.6 is 12.2 Å². The van der Waals surface area contributed by atoms with E-state index in [-0.39, 0.29) is 22.0 Å². The SMILES string of the molecule is CC(C)(CNS(=O)(=O)c1ccccc1C(N)=S)S(C)(=O)=O. The van der Waals surface area contributed by atoms with Crippen LogP contribution in [0.1, 0.15) is 19.4 Å². The molecule has 0 radical (unpaired) electrons. The maximum absolute atomic E-state index is 12.3. The van der Waals surface area contributed by atoms with Crippen molar-refractivity contribution in [2.24, 2.45) is 5.73 Å². The Morgan fingerprint density at radius 3 is 2.24 bits per heavy atom. The van der Waals surface area contributed by atoms with Gasteiger partial charge < -0.3 is 5.73 Å². The third-order valence-corrected chi connectivity index (χ3v) is 6.96. The maximum atomic E-state index is 12.3. The van der Waals surface area contributed by atoms with Gasteiger partial charge in [-0.15, -0.1) is 0 Å². The molecule has 6 nitrogen and oxygen atoms in total. The molecule has 1 rings (SSSR count). The van der Waals surface area contributed by atoms with Gasteiger partial charge in [-0.25, -0.2) is 21.6 Å². The Hall–Kier alpha value is -1.03. The second-order valence-electron chi connectivity index (χ2n) is 5.22. The Bertz CT molecular complexity index is 752. The highest BCUT2D eigenvalue weighted by Gasteiger charge is 2.32. The molecule has 0 bridgehead atoms. The first-order chi connectivity index (χ1) is 9.38. The zero-order valence-corrected chi connectivity index (χ0v) is 14.4. The summed E-state index contributed by atoms with van der Waals surface area (Å²) in [5, 5.41) is 0. The van der Waals surface area contributed by atoms with Crippen molar-refractivity contribution < 1.29 is 16.8 Å². The van der Waals surface area contributed by atoms with E-state index in [2.05, 4.69) is 4.72 Å². The van der Waals surface area contributed by atoms with Crippen LogP contribution in [-0.2, 0) is 19.9 Å². The molecule has 1 aromatic rings. The fourth-order valence-electron chi connectivity index (χ4n) is 1.38. The van der Waals surface area contributed by atoms with Gasteiger partial charge in [-0.2, -0.15) is 0 Å². The van der Waals surface area contributed by atoms with Crippen LogP contribution in [0.25, 0.3) is 0 Å². The summed E-state index contributed by atoms with van der Waals surface area (Å²) < 4.78 is 48.9. The minimum atomic E-state index is -3.91. The summed E-state index contributed by atoms with van der Waals surface area (Å²) in [4.78, 5) is -0.111. The molecule has 0 aromatic heterocycles. The molecular formula is C12H18N2O4S3. The first-order valence-electron chi connectivity index (χ1n) is 5.96. The highest BCUT2D eigenvalue weighted by Crippen LogP contribution is 2.18. The first-order valence-corrected chi connectivity index (χ1v) is 9.75. The molecule has 118 valence electrons. The van der Waals surface area contributed by atoms with Crippen molar-refractivity contribution in [3.05, 3.63) is 29.8 Å². The third kappa shape index (κ3) is 4.22. The smallest absolute Gasteiger partial charge is 0.241 e. The van der Waals surface area contributed by atoms with Gasteiger partial charge in [-0.05, 0) is 19.9 Å². The van der Waals surface area contributed by atoms with Crippen LogP contribution < -0.4 is 10.5 Å². The second-order valence-corrected chi connectivity index (χ2v) is 10.0. The monoisotopic (exact) mass is 350 g/mol. The van der Waals surface area contributed by atoms with Crippen molar-refractivity contribution >= 4 is 37.1 Å². The van der Waals surface area contributed by atoms with E-state index in [9.17, 15) is 16.8 Å². The molecular weight excluding hydrogens is 332 g/mol. The second kappa shape index (κ2) is 5.99. The standard InChI is InChI=1S/C12H18N2O4S3/c1-12(2,20(3,15)16)8-14-21(17,18)10-7-5-4-6-9(10)11(13)19/h4-7,14H,8H2,1-3H3,(H2,13,19). The summed E-state index contributed by atoms with van der Waals surface area (Å²) in [7, 11) is -7.32. The van der Waals surface area contributed by atoms with Crippen LogP contribution in [0, 0.1) is 0 Å². The molecule has 21 heavy (non-hydrogen) atoms. The van der Waals surface area contributed by atoms with Gasteiger partial charge in [-0.3, -0.25) is 0 Å². The summed E-state index contributed by atoms with van der Waals surface area (Å²) in [6, 6.07) is 6.02. The fourth-order valence-corrected chi connectivity index (χ4v) is 3.48. The average molecular weight is 350 g/mol. The molecule has 0 amide bonds. The van der Waals surface area contributed by atoms with Crippen LogP contribution in [0.5, 0.6) is 0 Å². The Labute approximate surface area is 130 Å². The lowest BCUT2D eigenvalue weighted by atomic mass is 10.2. The van der Waals surface area contributed by atoms with Crippen molar-refractivity contribution in [1.82, 2.24) is 4.72 Å². The van der Waals surface area contributed by atoms with Crippen LogP contribution in [0.3, 0.4) is 0 Å². The van der Waals surface area contributed by atoms with Gasteiger partial charge in [0.2, 0.25) is 10.0 Å². The van der Waals surface area contributed by atoms with Crippen LogP contribution in [0.2, 0.25) is 0 Å². The highest BCUT2D eigenvalue weighted by atomic mass is 32.2. The summed E-state index contributed by atoms with van der Waals surface area (Å²) in [5.74, 6) is 0. The van der Waals surface area contributed by atoms with Gasteiger partial charge >= 0.3 is 0 Å². The predicted octanol–water partition coefficient (Wildman–Crippen LogP) is 0.422. The van der Waals surface area contributed by atoms with Crippen LogP contribution in [-0.4, -0.2) is 39.4 Å². The number of sulfone groups is 1. The number of hydrogen-bond acceptors (Lipinski definition) is 5. The third-order valence-electron chi connectivity index (χ3n) is 3.13. The molecule has 0 spiro atoms. The van der Waals surface area contributed by atoms with Gasteiger partial charge in [0, 0.05) is 18.4 Å². The first kappa shape index (κ1) is 18.0. The molecule has 0 aliphatic rings. The molecule has 0 fully saturated rings. The van der Waals surface area contributed by atoms with E-state index in [0.717, 1.165) is 6.26 Å². The van der Waals surface area contributed by atoms with Gasteiger partial charge in [0.25, 0.3) is 0 Å². The molecule has 0 aliphatic carbocycles. The summed E-state index contributed by atoms with van der Waals surface area (Å²) >= 11 is 4.82. The fraction of sp³-hybridized carbons (Fsp3) is 0.417. The minimum Gasteiger partial charge on any atom is -0.389 e. The summed E-state index contributed by atoms with van der Waals surface area (Å²) in [5.41, 5.74) is 5.73. The van der Waals surface area contributed by atoms with Gasteiger partial charge in [-0.1, -0.05) is 30.4 Å². The van der Waals surface area contributed by atoms with Crippen LogP contribution in [0.15, 0.2) is 29.2 Å². The zero-order chi connectivity index (χ0) is 16.5. The highest BCUT2D eigenvalue weighted by molar-refractivity contribution is 7.92. The van der Waals surface area contributed by atoms with Crippen molar-refractivity contribution in [2.45, 2.75) is 23.5 Å². The number of benzene rings is 1. The van der Waals surface area contributed by atoms with Crippen molar-refractivity contribution in [2.75, 3.05) is 12.8 Å². The molecule has 0 heterocycles. The van der Waals surface area contributed by atoms with E-state index >= 15 is 0 Å². The number of rotatable bonds is 6. The molecule has 0 aliphatic heterocycles. The number of nitrogens with one attached hydrogen (secondary N) is 1. The van der Waals surface area contributed by atoms with Crippen molar-refractivity contribution in [1.29, 1.82) is 0 Å². The quantitative estimate of drug-likeness (QED) is 0.720. The Kier molecular flexibility index (Phi) is 5.14. The lowest BCUT2D eigenvalue weighted by molar-refractivity contribution is 0.537. The lowest BCUT2D eigenvalue weighted by Crippen LogP contribution is -2.44. The number of sulfonamides is 1. The maximum Gasteiger partial charge on any atom is 0.241 e. The number of hydrogen-bond donors (Lipinski definition) is 2. The molecule has 0 saturated carbocycles. The molecule has 0 saturated heterocycles. The minimum absolute atomic E-state index is 0.0432. The Morgan fingerprint density at radius 2 is 1.76 bits per heavy atom. The van der Waals surface area contributed by atoms with Crippen LogP contribution in [0.4, 0.5) is 0 Å². The topological polar surface area (TPSA) is 106 Å². The van der Waals surface area contributed by atoms with Gasteiger partial charge in [0.15, 0.2) is 9.84 Å². The Morgan fingerprint density at radius 1 is 1.24 bits per heavy atom. The van der Waals surface area contributed by atoms with E-state index < -0.39 is 24.6 Å². The molecule has 3 N–H and O–H groups in total. The summed E-state index contributed by atoms with van der Waals surface area (Å²) in [6.45, 7) is 2.65. The number of nitrogens with two attached hydrogens (primary N) is 1. The van der Waals surface area contributed by atoms with Gasteiger partial charge in [0.1, 0.15) is 4.99 Å². The van der Waals surface area contributed by atoms with E-state index in [1.54, 1.807) is 6.07 Å². The van der Waals surface area contributed by atoms with E-state index in [1.165, 1.54) is 32.0 Å². The summed E-state index contributed by atoms with van der Waals surface area (Å²) in [6.07, 6.45) is 1.06. The molecule has 0 atom stereocenters. The Balaban J connectivity index is 3.13. The van der Waals surface area contributed by atoms with E-state index in [1.807, 2.05) is 0 Å². The molecule has 9 heteroatoms. The molecule has 0 unspecified atom stereocenters. The number of thiocarbonyl (C=S) groups is 1. The normalized spacial score (nSPS) is 13.1. The van der Waals surface area contributed by atoms with Crippen molar-refractivity contribution in [3.63, 3.8) is 0 Å². The van der Waals surface area contributed by atoms with Crippen molar-refractivity contribution in [3.8, 4) is 0 Å². The predicted molar refractivity (Wildman–Crippen MR) is 86.4 cm³/mol. The van der Waals surface area contributed by atoms with Gasteiger partial charge in [0.05, 0.1) is 9.64 Å². The zero-order valence-electron chi connectivity index (χ0n) is 12.0. The van der Waals surface area contributed by atoms with E-state index in [4.69, 9.17) is 18.0 Å². The average Bonchev–Trinajstić information content (AvgIpc) is 2.35.